The Kier molecular flexibility index (Phi) is 5.11. The summed E-state index contributed by atoms with van der Waals surface area (Å²) in [5.74, 6) is 0. The molecule has 2 aromatic heterocycles. The van der Waals surface area contributed by atoms with Crippen LogP contribution in [0.15, 0.2) is 46.2 Å². The summed E-state index contributed by atoms with van der Waals surface area (Å²) >= 11 is 5.92. The van der Waals surface area contributed by atoms with Gasteiger partial charge in [0.05, 0.1) is 6.54 Å². The van der Waals surface area contributed by atoms with E-state index in [1.54, 1.807) is 16.7 Å². The van der Waals surface area contributed by atoms with Gasteiger partial charge in [-0.1, -0.05) is 43.4 Å². The van der Waals surface area contributed by atoms with Crippen LogP contribution in [0.1, 0.15) is 5.56 Å². The zero-order chi connectivity index (χ0) is 18.9. The largest absolute Gasteiger partial charge is 0.333 e. The zero-order valence-electron chi connectivity index (χ0n) is 15.1. The van der Waals surface area contributed by atoms with Crippen LogP contribution >= 0.6 is 11.6 Å². The summed E-state index contributed by atoms with van der Waals surface area (Å²) in [6.45, 7) is 7.44. The minimum atomic E-state index is -1.37. The lowest BCUT2D eigenvalue weighted by Crippen LogP contribution is -2.41. The van der Waals surface area contributed by atoms with Gasteiger partial charge in [0.1, 0.15) is 0 Å². The molecule has 0 atom stereocenters. The molecule has 0 saturated carbocycles. The van der Waals surface area contributed by atoms with Crippen molar-refractivity contribution in [2.24, 2.45) is 0 Å². The highest BCUT2D eigenvalue weighted by atomic mass is 35.5. The van der Waals surface area contributed by atoms with Gasteiger partial charge in [-0.25, -0.2) is 14.8 Å². The summed E-state index contributed by atoms with van der Waals surface area (Å²) in [7, 11) is -1.37. The number of aromatic nitrogens is 4. The number of rotatable bonds is 5. The molecule has 0 amide bonds. The predicted octanol–water partition coefficient (Wildman–Crippen LogP) is 2.99. The van der Waals surface area contributed by atoms with Crippen molar-refractivity contribution in [2.75, 3.05) is 0 Å². The Morgan fingerprint density at radius 3 is 2.31 bits per heavy atom. The first-order valence-electron chi connectivity index (χ1n) is 8.45. The lowest BCUT2D eigenvalue weighted by molar-refractivity contribution is 0.614. The predicted molar refractivity (Wildman–Crippen MR) is 107 cm³/mol. The molecule has 26 heavy (non-hydrogen) atoms. The second kappa shape index (κ2) is 7.17. The van der Waals surface area contributed by atoms with E-state index in [2.05, 4.69) is 29.6 Å². The van der Waals surface area contributed by atoms with Crippen molar-refractivity contribution in [3.05, 3.63) is 68.1 Å². The minimum Gasteiger partial charge on any atom is -0.276 e. The molecule has 2 heterocycles. The van der Waals surface area contributed by atoms with Crippen molar-refractivity contribution in [3.63, 3.8) is 0 Å². The van der Waals surface area contributed by atoms with Crippen LogP contribution in [0.4, 0.5) is 0 Å². The van der Waals surface area contributed by atoms with Gasteiger partial charge < -0.3 is 0 Å². The summed E-state index contributed by atoms with van der Waals surface area (Å²) in [5, 5.41) is 0.609. The summed E-state index contributed by atoms with van der Waals surface area (Å²) in [4.78, 5) is 34.3. The number of aryl methyl sites for hydroxylation is 1. The monoisotopic (exact) mass is 388 g/mol. The average Bonchev–Trinajstić information content (AvgIpc) is 2.59. The fourth-order valence-electron chi connectivity index (χ4n) is 2.69. The van der Waals surface area contributed by atoms with Gasteiger partial charge in [0.2, 0.25) is 0 Å². The van der Waals surface area contributed by atoms with Crippen molar-refractivity contribution in [1.82, 2.24) is 19.1 Å². The van der Waals surface area contributed by atoms with Crippen LogP contribution in [0, 0.1) is 0 Å². The summed E-state index contributed by atoms with van der Waals surface area (Å²) in [5.41, 5.74) is 0.631. The van der Waals surface area contributed by atoms with Crippen molar-refractivity contribution in [2.45, 2.75) is 38.8 Å². The van der Waals surface area contributed by atoms with E-state index in [-0.39, 0.29) is 17.8 Å². The molecule has 3 aromatic rings. The lowest BCUT2D eigenvalue weighted by atomic mass is 10.2. The number of benzene rings is 1. The lowest BCUT2D eigenvalue weighted by Gasteiger charge is -2.18. The topological polar surface area (TPSA) is 69.8 Å². The highest BCUT2D eigenvalue weighted by Crippen LogP contribution is 2.12. The van der Waals surface area contributed by atoms with Gasteiger partial charge in [0.25, 0.3) is 5.56 Å². The molecule has 136 valence electrons. The van der Waals surface area contributed by atoms with Gasteiger partial charge in [-0.3, -0.25) is 13.9 Å². The Bertz CT molecular complexity index is 1050. The van der Waals surface area contributed by atoms with Crippen LogP contribution in [0.2, 0.25) is 30.7 Å². The molecular formula is C18H21ClN4O2Si. The smallest absolute Gasteiger partial charge is 0.276 e. The van der Waals surface area contributed by atoms with E-state index in [1.807, 2.05) is 12.1 Å². The molecule has 0 unspecified atom stereocenters. The van der Waals surface area contributed by atoms with Gasteiger partial charge in [-0.05, 0) is 23.7 Å². The fourth-order valence-corrected chi connectivity index (χ4v) is 3.71. The molecule has 0 aliphatic rings. The third-order valence-electron chi connectivity index (χ3n) is 4.18. The zero-order valence-corrected chi connectivity index (χ0v) is 16.8. The van der Waals surface area contributed by atoms with Crippen molar-refractivity contribution in [1.29, 1.82) is 0 Å². The van der Waals surface area contributed by atoms with Crippen LogP contribution in [-0.2, 0) is 13.1 Å². The summed E-state index contributed by atoms with van der Waals surface area (Å²) in [6, 6.07) is 8.01. The highest BCUT2D eigenvalue weighted by Gasteiger charge is 2.18. The van der Waals surface area contributed by atoms with Crippen LogP contribution in [0.3, 0.4) is 0 Å². The van der Waals surface area contributed by atoms with E-state index in [4.69, 9.17) is 11.6 Å². The molecule has 6 nitrogen and oxygen atoms in total. The van der Waals surface area contributed by atoms with Crippen LogP contribution in [-0.4, -0.2) is 27.2 Å². The van der Waals surface area contributed by atoms with E-state index in [1.165, 1.54) is 17.0 Å². The highest BCUT2D eigenvalue weighted by molar-refractivity contribution is 6.76. The minimum absolute atomic E-state index is 0.175. The van der Waals surface area contributed by atoms with Gasteiger partial charge in [0.15, 0.2) is 11.2 Å². The second-order valence-corrected chi connectivity index (χ2v) is 13.5. The second-order valence-electron chi connectivity index (χ2n) is 7.49. The molecule has 1 aromatic carbocycles. The van der Waals surface area contributed by atoms with Gasteiger partial charge >= 0.3 is 5.69 Å². The molecule has 3 rings (SSSR count). The number of nitrogens with zero attached hydrogens (tertiary/aromatic N) is 4. The molecule has 8 heteroatoms. The maximum Gasteiger partial charge on any atom is 0.333 e. The Morgan fingerprint density at radius 2 is 1.65 bits per heavy atom. The maximum absolute atomic E-state index is 13.0. The third kappa shape index (κ3) is 3.94. The summed E-state index contributed by atoms with van der Waals surface area (Å²) < 4.78 is 2.81. The van der Waals surface area contributed by atoms with E-state index < -0.39 is 13.6 Å². The Hall–Kier alpha value is -2.25. The van der Waals surface area contributed by atoms with Crippen LogP contribution in [0.5, 0.6) is 0 Å². The summed E-state index contributed by atoms with van der Waals surface area (Å²) in [6.07, 6.45) is 2.99. The number of halogens is 1. The first-order valence-corrected chi connectivity index (χ1v) is 12.5. The van der Waals surface area contributed by atoms with E-state index >= 15 is 0 Å². The molecule has 0 aliphatic carbocycles. The standard InChI is InChI=1S/C18H21ClN4O2Si/c1-26(2,3)11-10-22-16-15(20-8-9-21-16)17(24)23(18(22)25)12-13-4-6-14(19)7-5-13/h4-9H,10-12H2,1-3H3. The van der Waals surface area contributed by atoms with Crippen molar-refractivity contribution < 1.29 is 0 Å². The Labute approximate surface area is 157 Å². The molecule has 0 fully saturated rings. The first kappa shape index (κ1) is 18.5. The molecule has 0 N–H and O–H groups in total. The van der Waals surface area contributed by atoms with Gasteiger partial charge in [0, 0.05) is 32.0 Å². The molecule has 0 saturated heterocycles. The SMILES string of the molecule is C[Si](C)(C)CCn1c(=O)n(Cc2ccc(Cl)cc2)c(=O)c2nccnc21. The van der Waals surface area contributed by atoms with Gasteiger partial charge in [-0.15, -0.1) is 0 Å². The Balaban J connectivity index is 2.15. The molecule has 0 aliphatic heterocycles. The molecule has 0 radical (unpaired) electrons. The van der Waals surface area contributed by atoms with Crippen LogP contribution < -0.4 is 11.2 Å². The molecular weight excluding hydrogens is 368 g/mol. The first-order chi connectivity index (χ1) is 12.3. The maximum atomic E-state index is 13.0. The molecule has 0 spiro atoms. The van der Waals surface area contributed by atoms with E-state index in [0.717, 1.165) is 11.6 Å². The van der Waals surface area contributed by atoms with E-state index in [0.29, 0.717) is 17.2 Å². The molecule has 0 bridgehead atoms. The van der Waals surface area contributed by atoms with Crippen molar-refractivity contribution >= 4 is 30.8 Å². The third-order valence-corrected chi connectivity index (χ3v) is 6.16. The Morgan fingerprint density at radius 1 is 1.00 bits per heavy atom. The van der Waals surface area contributed by atoms with Crippen molar-refractivity contribution in [3.8, 4) is 0 Å². The number of fused-ring (bicyclic) bond motifs is 1. The quantitative estimate of drug-likeness (QED) is 0.630. The number of hydrogen-bond acceptors (Lipinski definition) is 4. The van der Waals surface area contributed by atoms with Crippen LogP contribution in [0.25, 0.3) is 11.2 Å². The number of hydrogen-bond donors (Lipinski definition) is 0. The fraction of sp³-hybridized carbons (Fsp3) is 0.333. The van der Waals surface area contributed by atoms with E-state index in [9.17, 15) is 9.59 Å². The normalized spacial score (nSPS) is 11.8. The average molecular weight is 389 g/mol. The van der Waals surface area contributed by atoms with Gasteiger partial charge in [-0.2, -0.15) is 0 Å².